The van der Waals surface area contributed by atoms with Crippen LogP contribution in [-0.2, 0) is 14.8 Å². The number of ether oxygens (including phenoxy) is 1. The monoisotopic (exact) mass is 508 g/mol. The maximum Gasteiger partial charge on any atom is 0.264 e. The van der Waals surface area contributed by atoms with E-state index in [4.69, 9.17) is 4.74 Å². The Bertz CT molecular complexity index is 1330. The number of aryl methyl sites for hydroxylation is 3. The highest BCUT2D eigenvalue weighted by Crippen LogP contribution is 2.32. The van der Waals surface area contributed by atoms with Crippen molar-refractivity contribution in [2.75, 3.05) is 18.0 Å². The number of hydrogen-bond donors (Lipinski definition) is 1. The first-order valence-electron chi connectivity index (χ1n) is 12.1. The predicted molar refractivity (Wildman–Crippen MR) is 145 cm³/mol. The Hall–Kier alpha value is -3.32. The fourth-order valence-electron chi connectivity index (χ4n) is 4.24. The van der Waals surface area contributed by atoms with Gasteiger partial charge in [0.15, 0.2) is 0 Å². The molecule has 0 aromatic heterocycles. The van der Waals surface area contributed by atoms with Gasteiger partial charge >= 0.3 is 0 Å². The van der Waals surface area contributed by atoms with Crippen molar-refractivity contribution < 1.29 is 17.9 Å². The van der Waals surface area contributed by atoms with Gasteiger partial charge in [0, 0.05) is 0 Å². The largest absolute Gasteiger partial charge is 0.496 e. The number of sulfonamides is 1. The zero-order chi connectivity index (χ0) is 26.6. The van der Waals surface area contributed by atoms with E-state index >= 15 is 0 Å². The molecule has 3 aromatic carbocycles. The first-order chi connectivity index (χ1) is 16.9. The Balaban J connectivity index is 1.92. The Morgan fingerprint density at radius 3 is 2.17 bits per heavy atom. The van der Waals surface area contributed by atoms with E-state index in [2.05, 4.69) is 25.2 Å². The van der Waals surface area contributed by atoms with Crippen molar-refractivity contribution in [2.45, 2.75) is 58.4 Å². The summed E-state index contributed by atoms with van der Waals surface area (Å²) in [7, 11) is -2.31. The molecule has 7 heteroatoms. The molecule has 0 saturated carbocycles. The van der Waals surface area contributed by atoms with Gasteiger partial charge in [-0.15, -0.1) is 0 Å². The van der Waals surface area contributed by atoms with Crippen LogP contribution in [-0.4, -0.2) is 28.0 Å². The quantitative estimate of drug-likeness (QED) is 0.395. The van der Waals surface area contributed by atoms with E-state index in [0.717, 1.165) is 33.6 Å². The minimum Gasteiger partial charge on any atom is -0.496 e. The number of benzene rings is 3. The summed E-state index contributed by atoms with van der Waals surface area (Å²) in [5, 5.41) is 3.00. The normalized spacial score (nSPS) is 12.3. The van der Waals surface area contributed by atoms with Crippen molar-refractivity contribution in [1.82, 2.24) is 5.32 Å². The number of anilines is 1. The van der Waals surface area contributed by atoms with Crippen LogP contribution >= 0.6 is 0 Å². The van der Waals surface area contributed by atoms with Crippen LogP contribution < -0.4 is 14.4 Å². The van der Waals surface area contributed by atoms with Crippen LogP contribution in [0.3, 0.4) is 0 Å². The number of amides is 1. The van der Waals surface area contributed by atoms with Gasteiger partial charge in [0.1, 0.15) is 12.3 Å². The molecule has 1 N–H and O–H groups in total. The average Bonchev–Trinajstić information content (AvgIpc) is 2.82. The fourth-order valence-corrected chi connectivity index (χ4v) is 5.65. The van der Waals surface area contributed by atoms with Gasteiger partial charge in [0.05, 0.1) is 23.7 Å². The third-order valence-electron chi connectivity index (χ3n) is 6.27. The topological polar surface area (TPSA) is 75.7 Å². The lowest BCUT2D eigenvalue weighted by molar-refractivity contribution is -0.120. The molecule has 0 spiro atoms. The molecule has 192 valence electrons. The molecule has 1 amide bonds. The maximum atomic E-state index is 13.6. The van der Waals surface area contributed by atoms with Crippen LogP contribution in [0.1, 0.15) is 60.5 Å². The Morgan fingerprint density at radius 1 is 0.917 bits per heavy atom. The number of hydrogen-bond acceptors (Lipinski definition) is 4. The summed E-state index contributed by atoms with van der Waals surface area (Å²) in [6.45, 7) is 11.5. The summed E-state index contributed by atoms with van der Waals surface area (Å²) in [5.41, 5.74) is 5.32. The van der Waals surface area contributed by atoms with E-state index in [1.807, 2.05) is 39.8 Å². The van der Waals surface area contributed by atoms with Gasteiger partial charge in [-0.05, 0) is 92.3 Å². The van der Waals surface area contributed by atoms with E-state index in [1.54, 1.807) is 49.6 Å². The summed E-state index contributed by atoms with van der Waals surface area (Å²) in [6, 6.07) is 17.5. The van der Waals surface area contributed by atoms with Crippen molar-refractivity contribution in [3.63, 3.8) is 0 Å². The number of nitrogens with zero attached hydrogens (tertiary/aromatic N) is 1. The van der Waals surface area contributed by atoms with Gasteiger partial charge in [-0.2, -0.15) is 0 Å². The molecule has 0 aliphatic carbocycles. The molecule has 3 aromatic rings. The van der Waals surface area contributed by atoms with Crippen molar-refractivity contribution >= 4 is 21.6 Å². The lowest BCUT2D eigenvalue weighted by atomic mass is 9.93. The second kappa shape index (κ2) is 11.2. The molecule has 0 bridgehead atoms. The highest BCUT2D eigenvalue weighted by molar-refractivity contribution is 7.92. The van der Waals surface area contributed by atoms with E-state index in [-0.39, 0.29) is 29.3 Å². The minimum absolute atomic E-state index is 0.142. The molecule has 6 nitrogen and oxygen atoms in total. The van der Waals surface area contributed by atoms with Gasteiger partial charge in [0.2, 0.25) is 5.91 Å². The van der Waals surface area contributed by atoms with Crippen molar-refractivity contribution in [2.24, 2.45) is 0 Å². The van der Waals surface area contributed by atoms with Gasteiger partial charge in [-0.3, -0.25) is 9.10 Å². The Kier molecular flexibility index (Phi) is 8.46. The highest BCUT2D eigenvalue weighted by Gasteiger charge is 2.28. The van der Waals surface area contributed by atoms with Gasteiger partial charge in [-0.1, -0.05) is 43.7 Å². The first-order valence-corrected chi connectivity index (χ1v) is 13.5. The van der Waals surface area contributed by atoms with Gasteiger partial charge in [-0.25, -0.2) is 8.42 Å². The van der Waals surface area contributed by atoms with E-state index in [1.165, 1.54) is 4.31 Å². The maximum absolute atomic E-state index is 13.6. The SMILES string of the molecule is COc1cc(C)c([C@@H](C)NC(=O)CN(c2cccc(C)c2)S(=O)(=O)c2ccc(C)cc2)cc1C(C)C. The molecule has 1 atom stereocenters. The lowest BCUT2D eigenvalue weighted by Crippen LogP contribution is -2.41. The molecule has 3 rings (SSSR count). The predicted octanol–water partition coefficient (Wildman–Crippen LogP) is 5.82. The molecule has 0 heterocycles. The summed E-state index contributed by atoms with van der Waals surface area (Å²) in [6.07, 6.45) is 0. The molecule has 0 aliphatic rings. The molecular weight excluding hydrogens is 472 g/mol. The second-order valence-electron chi connectivity index (χ2n) is 9.56. The summed E-state index contributed by atoms with van der Waals surface area (Å²) in [4.78, 5) is 13.4. The summed E-state index contributed by atoms with van der Waals surface area (Å²) in [5.74, 6) is 0.680. The third kappa shape index (κ3) is 6.08. The molecule has 0 unspecified atom stereocenters. The number of carbonyl (C=O) groups excluding carboxylic acids is 1. The molecule has 0 saturated heterocycles. The zero-order valence-corrected chi connectivity index (χ0v) is 22.9. The number of methoxy groups -OCH3 is 1. The summed E-state index contributed by atoms with van der Waals surface area (Å²) < 4.78 is 34.0. The fraction of sp³-hybridized carbons (Fsp3) is 0.345. The van der Waals surface area contributed by atoms with Crippen LogP contribution in [0, 0.1) is 20.8 Å². The summed E-state index contributed by atoms with van der Waals surface area (Å²) >= 11 is 0. The van der Waals surface area contributed by atoms with Crippen molar-refractivity contribution in [1.29, 1.82) is 0 Å². The minimum atomic E-state index is -3.96. The highest BCUT2D eigenvalue weighted by atomic mass is 32.2. The van der Waals surface area contributed by atoms with Crippen molar-refractivity contribution in [3.05, 3.63) is 88.5 Å². The van der Waals surface area contributed by atoms with Gasteiger partial charge < -0.3 is 10.1 Å². The molecule has 0 aliphatic heterocycles. The Labute approximate surface area is 215 Å². The van der Waals surface area contributed by atoms with Gasteiger partial charge in [0.25, 0.3) is 10.0 Å². The second-order valence-corrected chi connectivity index (χ2v) is 11.4. The third-order valence-corrected chi connectivity index (χ3v) is 8.06. The molecular formula is C29H36N2O4S. The molecule has 0 radical (unpaired) electrons. The number of rotatable bonds is 9. The number of nitrogens with one attached hydrogen (secondary N) is 1. The average molecular weight is 509 g/mol. The number of carbonyl (C=O) groups is 1. The molecule has 36 heavy (non-hydrogen) atoms. The van der Waals surface area contributed by atoms with Crippen LogP contribution in [0.5, 0.6) is 5.75 Å². The van der Waals surface area contributed by atoms with E-state index in [9.17, 15) is 13.2 Å². The first kappa shape index (κ1) is 27.3. The lowest BCUT2D eigenvalue weighted by Gasteiger charge is -2.26. The molecule has 0 fully saturated rings. The zero-order valence-electron chi connectivity index (χ0n) is 22.1. The standard InChI is InChI=1S/C29H36N2O4S/c1-19(2)26-17-27(22(5)16-28(26)35-7)23(6)30-29(32)18-31(24-10-8-9-21(4)15-24)36(33,34)25-13-11-20(3)12-14-25/h8-17,19,23H,18H2,1-7H3,(H,30,32)/t23-/m1/s1. The van der Waals surface area contributed by atoms with E-state index < -0.39 is 10.0 Å². The van der Waals surface area contributed by atoms with Crippen LogP contribution in [0.15, 0.2) is 65.6 Å². The van der Waals surface area contributed by atoms with E-state index in [0.29, 0.717) is 5.69 Å². The van der Waals surface area contributed by atoms with Crippen molar-refractivity contribution in [3.8, 4) is 5.75 Å². The van der Waals surface area contributed by atoms with Crippen LogP contribution in [0.2, 0.25) is 0 Å². The smallest absolute Gasteiger partial charge is 0.264 e. The Morgan fingerprint density at radius 2 is 1.58 bits per heavy atom. The van der Waals surface area contributed by atoms with Crippen LogP contribution in [0.4, 0.5) is 5.69 Å². The van der Waals surface area contributed by atoms with Crippen LogP contribution in [0.25, 0.3) is 0 Å².